The van der Waals surface area contributed by atoms with Crippen LogP contribution in [0.5, 0.6) is 0 Å². The van der Waals surface area contributed by atoms with Crippen LogP contribution in [0.1, 0.15) is 23.7 Å². The fourth-order valence-corrected chi connectivity index (χ4v) is 6.47. The molecule has 0 amide bonds. The van der Waals surface area contributed by atoms with E-state index in [0.29, 0.717) is 44.3 Å². The van der Waals surface area contributed by atoms with Gasteiger partial charge in [0, 0.05) is 30.6 Å². The predicted octanol–water partition coefficient (Wildman–Crippen LogP) is 4.48. The van der Waals surface area contributed by atoms with Crippen molar-refractivity contribution in [3.8, 4) is 0 Å². The van der Waals surface area contributed by atoms with Crippen LogP contribution in [0.15, 0.2) is 83.9 Å². The summed E-state index contributed by atoms with van der Waals surface area (Å²) in [7, 11) is -2.44. The van der Waals surface area contributed by atoms with Gasteiger partial charge in [-0.2, -0.15) is 0 Å². The number of hydrogen-bond acceptors (Lipinski definition) is 8. The van der Waals surface area contributed by atoms with Crippen molar-refractivity contribution < 1.29 is 17.9 Å². The number of aryl methyl sites for hydroxylation is 1. The van der Waals surface area contributed by atoms with Crippen molar-refractivity contribution in [2.75, 3.05) is 17.5 Å². The summed E-state index contributed by atoms with van der Waals surface area (Å²) in [6, 6.07) is 20.6. The lowest BCUT2D eigenvalue weighted by atomic mass is 10.1. The summed E-state index contributed by atoms with van der Waals surface area (Å²) in [6.07, 6.45) is 1.94. The van der Waals surface area contributed by atoms with Gasteiger partial charge in [0.2, 0.25) is 0 Å². The van der Waals surface area contributed by atoms with Crippen molar-refractivity contribution in [2.45, 2.75) is 18.2 Å². The average molecular weight is 601 g/mol. The molecule has 0 fully saturated rings. The minimum Gasteiger partial charge on any atom is -0.465 e. The highest BCUT2D eigenvalue weighted by Gasteiger charge is 2.30. The molecule has 10 nitrogen and oxygen atoms in total. The van der Waals surface area contributed by atoms with Gasteiger partial charge in [0.05, 0.1) is 34.5 Å². The van der Waals surface area contributed by atoms with Gasteiger partial charge < -0.3 is 15.0 Å². The first kappa shape index (κ1) is 28.8. The number of esters is 1. The molecule has 0 unspecified atom stereocenters. The molecule has 0 spiro atoms. The van der Waals surface area contributed by atoms with Gasteiger partial charge in [-0.1, -0.05) is 54.7 Å². The maximum absolute atomic E-state index is 14.1. The lowest BCUT2D eigenvalue weighted by Crippen LogP contribution is -2.36. The van der Waals surface area contributed by atoms with Crippen molar-refractivity contribution in [1.29, 1.82) is 5.41 Å². The number of pyridine rings is 1. The number of carbonyl (C=O) groups is 1. The van der Waals surface area contributed by atoms with E-state index in [0.717, 1.165) is 9.87 Å². The summed E-state index contributed by atoms with van der Waals surface area (Å²) in [6.45, 7) is 1.23. The zero-order valence-corrected chi connectivity index (χ0v) is 24.6. The molecule has 2 aromatic heterocycles. The van der Waals surface area contributed by atoms with E-state index in [-0.39, 0.29) is 23.0 Å². The summed E-state index contributed by atoms with van der Waals surface area (Å²) < 4.78 is 36.8. The first-order valence-corrected chi connectivity index (χ1v) is 14.9. The van der Waals surface area contributed by atoms with E-state index in [9.17, 15) is 13.2 Å². The number of amidine groups is 1. The van der Waals surface area contributed by atoms with E-state index >= 15 is 0 Å². The number of nitrogens with one attached hydrogen (secondary N) is 1. The number of para-hydroxylation sites is 1. The third-order valence-electron chi connectivity index (χ3n) is 6.79. The summed E-state index contributed by atoms with van der Waals surface area (Å²) in [5, 5.41) is 8.26. The molecule has 214 valence electrons. The van der Waals surface area contributed by atoms with Crippen molar-refractivity contribution in [3.63, 3.8) is 0 Å². The van der Waals surface area contributed by atoms with Gasteiger partial charge in [-0.3, -0.25) is 19.5 Å². The number of aromatic nitrogens is 3. The van der Waals surface area contributed by atoms with Gasteiger partial charge >= 0.3 is 5.97 Å². The van der Waals surface area contributed by atoms with Crippen LogP contribution in [0.3, 0.4) is 0 Å². The zero-order valence-electron chi connectivity index (χ0n) is 22.9. The van der Waals surface area contributed by atoms with E-state index in [4.69, 9.17) is 33.1 Å². The first-order chi connectivity index (χ1) is 20.1. The van der Waals surface area contributed by atoms with E-state index < -0.39 is 22.5 Å². The standard InChI is InChI=1S/C30H28N6O4S2/c1-3-40-27(37)18-36(42(38,39)26-8-4-6-20-7-5-15-33-28(20)26)22-13-14-25-23(17-22)34-24(30(41)35(25)2)16-19-9-11-21(12-10-19)29(31)32/h4-15,17H,3,16,18H2,1-2H3,(H3,31,32). The van der Waals surface area contributed by atoms with E-state index in [2.05, 4.69) is 4.98 Å². The van der Waals surface area contributed by atoms with Gasteiger partial charge in [-0.15, -0.1) is 0 Å². The second-order valence-electron chi connectivity index (χ2n) is 9.53. The molecule has 0 aliphatic heterocycles. The molecular formula is C30H28N6O4S2. The number of rotatable bonds is 9. The number of benzene rings is 3. The smallest absolute Gasteiger partial charge is 0.326 e. The Balaban J connectivity index is 1.62. The van der Waals surface area contributed by atoms with Crippen LogP contribution in [0.2, 0.25) is 0 Å². The summed E-state index contributed by atoms with van der Waals surface area (Å²) >= 11 is 5.70. The second kappa shape index (κ2) is 11.7. The maximum atomic E-state index is 14.1. The Labute approximate surface area is 248 Å². The number of anilines is 1. The highest BCUT2D eigenvalue weighted by atomic mass is 32.2. The van der Waals surface area contributed by atoms with E-state index in [1.54, 1.807) is 61.5 Å². The molecule has 5 rings (SSSR count). The number of sulfonamides is 1. The molecule has 0 saturated heterocycles. The Hall–Kier alpha value is -4.68. The number of fused-ring (bicyclic) bond motifs is 2. The minimum atomic E-state index is -4.26. The highest BCUT2D eigenvalue weighted by Crippen LogP contribution is 2.30. The van der Waals surface area contributed by atoms with Crippen molar-refractivity contribution in [2.24, 2.45) is 12.8 Å². The first-order valence-electron chi connectivity index (χ1n) is 13.0. The largest absolute Gasteiger partial charge is 0.465 e. The van der Waals surface area contributed by atoms with Gasteiger partial charge in [-0.25, -0.2) is 13.4 Å². The molecule has 0 bridgehead atoms. The third-order valence-corrected chi connectivity index (χ3v) is 9.11. The summed E-state index contributed by atoms with van der Waals surface area (Å²) in [4.78, 5) is 21.7. The molecule has 3 N–H and O–H groups in total. The third kappa shape index (κ3) is 5.58. The number of carbonyl (C=O) groups excluding carboxylic acids is 1. The van der Waals surface area contributed by atoms with E-state index in [1.165, 1.54) is 12.3 Å². The average Bonchev–Trinajstić information content (AvgIpc) is 2.98. The Morgan fingerprint density at radius 3 is 2.55 bits per heavy atom. The summed E-state index contributed by atoms with van der Waals surface area (Å²) in [5.41, 5.74) is 9.46. The molecule has 0 aliphatic carbocycles. The number of ether oxygens (including phenoxy) is 1. The van der Waals surface area contributed by atoms with Crippen molar-refractivity contribution in [3.05, 3.63) is 100 Å². The molecule has 2 heterocycles. The van der Waals surface area contributed by atoms with Crippen LogP contribution in [0.4, 0.5) is 5.69 Å². The number of nitrogens with zero attached hydrogens (tertiary/aromatic N) is 4. The van der Waals surface area contributed by atoms with Crippen LogP contribution < -0.4 is 10.0 Å². The Bertz CT molecular complexity index is 2000. The van der Waals surface area contributed by atoms with Crippen LogP contribution in [-0.4, -0.2) is 47.9 Å². The Kier molecular flexibility index (Phi) is 8.01. The normalized spacial score (nSPS) is 11.5. The lowest BCUT2D eigenvalue weighted by Gasteiger charge is -2.24. The monoisotopic (exact) mass is 600 g/mol. The molecule has 0 atom stereocenters. The van der Waals surface area contributed by atoms with E-state index in [1.807, 2.05) is 23.7 Å². The molecule has 42 heavy (non-hydrogen) atoms. The zero-order chi connectivity index (χ0) is 30.0. The molecule has 12 heteroatoms. The highest BCUT2D eigenvalue weighted by molar-refractivity contribution is 7.93. The van der Waals surface area contributed by atoms with Crippen LogP contribution >= 0.6 is 12.2 Å². The summed E-state index contributed by atoms with van der Waals surface area (Å²) in [5.74, 6) is -0.710. The predicted molar refractivity (Wildman–Crippen MR) is 165 cm³/mol. The Morgan fingerprint density at radius 1 is 1.10 bits per heavy atom. The topological polar surface area (TPSA) is 144 Å². The number of hydrogen-bond donors (Lipinski definition) is 2. The fourth-order valence-electron chi connectivity index (χ4n) is 4.69. The van der Waals surface area contributed by atoms with Gasteiger partial charge in [0.15, 0.2) is 0 Å². The van der Waals surface area contributed by atoms with Crippen LogP contribution in [0.25, 0.3) is 21.9 Å². The molecule has 5 aromatic rings. The van der Waals surface area contributed by atoms with Crippen molar-refractivity contribution >= 4 is 61.7 Å². The van der Waals surface area contributed by atoms with Gasteiger partial charge in [-0.05, 0) is 42.8 Å². The lowest BCUT2D eigenvalue weighted by molar-refractivity contribution is -0.141. The van der Waals surface area contributed by atoms with Crippen molar-refractivity contribution in [1.82, 2.24) is 14.5 Å². The van der Waals surface area contributed by atoms with Gasteiger partial charge in [0.25, 0.3) is 10.0 Å². The SMILES string of the molecule is CCOC(=O)CN(c1ccc2c(c1)nc(Cc1ccc(C(=N)N)cc1)c(=S)n2C)S(=O)(=O)c1cccc2cccnc12. The fraction of sp³-hybridized carbons (Fsp3) is 0.167. The second-order valence-corrected chi connectivity index (χ2v) is 11.7. The maximum Gasteiger partial charge on any atom is 0.326 e. The van der Waals surface area contributed by atoms with Gasteiger partial charge in [0.1, 0.15) is 21.9 Å². The molecular weight excluding hydrogens is 573 g/mol. The number of nitrogens with two attached hydrogens (primary N) is 1. The molecule has 0 aliphatic rings. The Morgan fingerprint density at radius 2 is 1.83 bits per heavy atom. The quantitative estimate of drug-likeness (QED) is 0.109. The minimum absolute atomic E-state index is 0.0186. The van der Waals surface area contributed by atoms with Crippen LogP contribution in [-0.2, 0) is 33.0 Å². The molecule has 3 aromatic carbocycles. The van der Waals surface area contributed by atoms with Crippen LogP contribution in [0, 0.1) is 10.0 Å². The molecule has 0 radical (unpaired) electrons. The number of nitrogen functional groups attached to an aromatic ring is 1. The molecule has 0 saturated carbocycles.